The Morgan fingerprint density at radius 2 is 0.422 bits per heavy atom. The first kappa shape index (κ1) is 107. The Bertz CT molecular complexity index is 2070. The summed E-state index contributed by atoms with van der Waals surface area (Å²) < 4.78 is 69.0. The van der Waals surface area contributed by atoms with Crippen LogP contribution in [0.4, 0.5) is 0 Å². The van der Waals surface area contributed by atoms with Crippen molar-refractivity contribution in [2.75, 3.05) is 39.6 Å². The second-order valence-corrected chi connectivity index (χ2v) is 35.7. The SMILES string of the molecule is CCCCCCCCCCCCCCCCCCCCCCCCC(=O)O[C@H](COC(=O)CCCCCCCCCCCCCCCCCCCCCC)COP(=O)(O)OC[C@@H](O)COP(=O)(O)OC[C@@H](COC(=O)CCCCCCCCCCCCC)OC(=O)CCCCCCCCCCCCCCCC(C)C. The van der Waals surface area contributed by atoms with Gasteiger partial charge in [-0.2, -0.15) is 0 Å². The van der Waals surface area contributed by atoms with E-state index in [0.717, 1.165) is 95.8 Å². The van der Waals surface area contributed by atoms with Crippen LogP contribution in [0.1, 0.15) is 490 Å². The van der Waals surface area contributed by atoms with Crippen LogP contribution >= 0.6 is 15.6 Å². The first-order valence-electron chi connectivity index (χ1n) is 46.6. The third-order valence-corrected chi connectivity index (χ3v) is 23.2. The number of esters is 4. The van der Waals surface area contributed by atoms with Crippen molar-refractivity contribution in [2.24, 2.45) is 5.92 Å². The third kappa shape index (κ3) is 83.8. The molecule has 109 heavy (non-hydrogen) atoms. The Morgan fingerprint density at radius 1 is 0.248 bits per heavy atom. The molecule has 17 nitrogen and oxygen atoms in total. The average Bonchev–Trinajstić information content (AvgIpc) is 0.900. The van der Waals surface area contributed by atoms with Crippen LogP contribution in [0.2, 0.25) is 0 Å². The van der Waals surface area contributed by atoms with E-state index in [0.29, 0.717) is 25.7 Å². The predicted octanol–water partition coefficient (Wildman–Crippen LogP) is 27.9. The van der Waals surface area contributed by atoms with Gasteiger partial charge in [-0.05, 0) is 31.6 Å². The molecule has 0 aromatic heterocycles. The van der Waals surface area contributed by atoms with Crippen molar-refractivity contribution < 1.29 is 80.2 Å². The van der Waals surface area contributed by atoms with Gasteiger partial charge in [-0.25, -0.2) is 9.13 Å². The van der Waals surface area contributed by atoms with E-state index in [4.69, 9.17) is 37.0 Å². The van der Waals surface area contributed by atoms with Crippen LogP contribution in [0.15, 0.2) is 0 Å². The highest BCUT2D eigenvalue weighted by molar-refractivity contribution is 7.47. The zero-order chi connectivity index (χ0) is 79.7. The van der Waals surface area contributed by atoms with Gasteiger partial charge in [-0.15, -0.1) is 0 Å². The first-order valence-corrected chi connectivity index (χ1v) is 49.6. The Labute approximate surface area is 670 Å². The maximum atomic E-state index is 13.2. The zero-order valence-corrected chi connectivity index (χ0v) is 73.5. The second kappa shape index (κ2) is 82.6. The molecule has 0 amide bonds. The minimum absolute atomic E-state index is 0.108. The van der Waals surface area contributed by atoms with E-state index in [9.17, 15) is 43.2 Å². The van der Waals surface area contributed by atoms with E-state index in [2.05, 4.69) is 34.6 Å². The summed E-state index contributed by atoms with van der Waals surface area (Å²) in [4.78, 5) is 73.4. The molecule has 3 N–H and O–H groups in total. The summed E-state index contributed by atoms with van der Waals surface area (Å²) in [5.41, 5.74) is 0. The molecule has 0 radical (unpaired) electrons. The molecule has 0 bridgehead atoms. The van der Waals surface area contributed by atoms with Gasteiger partial charge in [0.1, 0.15) is 19.3 Å². The number of ether oxygens (including phenoxy) is 4. The summed E-state index contributed by atoms with van der Waals surface area (Å²) >= 11 is 0. The number of aliphatic hydroxyl groups is 1. The molecular weight excluding hydrogens is 1410 g/mol. The molecule has 0 saturated carbocycles. The average molecular weight is 1590 g/mol. The van der Waals surface area contributed by atoms with Crippen LogP contribution in [-0.4, -0.2) is 96.7 Å². The highest BCUT2D eigenvalue weighted by atomic mass is 31.2. The zero-order valence-electron chi connectivity index (χ0n) is 71.7. The Hall–Kier alpha value is -1.94. The van der Waals surface area contributed by atoms with Gasteiger partial charge in [0.2, 0.25) is 0 Å². The quantitative estimate of drug-likeness (QED) is 0.0222. The molecule has 0 saturated heterocycles. The fourth-order valence-electron chi connectivity index (χ4n) is 14.2. The third-order valence-electron chi connectivity index (χ3n) is 21.3. The Balaban J connectivity index is 5.22. The van der Waals surface area contributed by atoms with Gasteiger partial charge in [-0.1, -0.05) is 439 Å². The number of hydrogen-bond acceptors (Lipinski definition) is 15. The molecule has 5 atom stereocenters. The van der Waals surface area contributed by atoms with Crippen molar-refractivity contribution in [2.45, 2.75) is 509 Å². The molecule has 0 aliphatic heterocycles. The number of rotatable bonds is 90. The Kier molecular flexibility index (Phi) is 81.1. The maximum absolute atomic E-state index is 13.2. The number of phosphoric acid groups is 2. The lowest BCUT2D eigenvalue weighted by molar-refractivity contribution is -0.161. The summed E-state index contributed by atoms with van der Waals surface area (Å²) in [6.07, 6.45) is 77.9. The van der Waals surface area contributed by atoms with Crippen molar-refractivity contribution in [3.05, 3.63) is 0 Å². The number of aliphatic hydroxyl groups excluding tert-OH is 1. The maximum Gasteiger partial charge on any atom is 0.472 e. The minimum Gasteiger partial charge on any atom is -0.462 e. The monoisotopic (exact) mass is 1590 g/mol. The van der Waals surface area contributed by atoms with Gasteiger partial charge in [0.25, 0.3) is 0 Å². The van der Waals surface area contributed by atoms with E-state index >= 15 is 0 Å². The van der Waals surface area contributed by atoms with Gasteiger partial charge in [0.05, 0.1) is 26.4 Å². The molecule has 19 heteroatoms. The smallest absolute Gasteiger partial charge is 0.462 e. The molecule has 648 valence electrons. The summed E-state index contributed by atoms with van der Waals surface area (Å²) in [6.45, 7) is 7.40. The summed E-state index contributed by atoms with van der Waals surface area (Å²) in [5.74, 6) is -1.31. The second-order valence-electron chi connectivity index (χ2n) is 32.8. The molecule has 0 rings (SSSR count). The van der Waals surface area contributed by atoms with Crippen molar-refractivity contribution in [3.63, 3.8) is 0 Å². The normalized spacial score (nSPS) is 13.7. The molecule has 0 heterocycles. The largest absolute Gasteiger partial charge is 0.472 e. The molecular formula is C90H176O17P2. The number of unbranched alkanes of at least 4 members (excludes halogenated alkanes) is 62. The van der Waals surface area contributed by atoms with Gasteiger partial charge in [0, 0.05) is 25.7 Å². The molecule has 0 aromatic rings. The fourth-order valence-corrected chi connectivity index (χ4v) is 15.8. The van der Waals surface area contributed by atoms with Gasteiger partial charge in [-0.3, -0.25) is 37.3 Å². The molecule has 0 aliphatic rings. The van der Waals surface area contributed by atoms with E-state index in [1.54, 1.807) is 0 Å². The lowest BCUT2D eigenvalue weighted by Crippen LogP contribution is -2.30. The number of carbonyl (C=O) groups is 4. The standard InChI is InChI=1S/C90H176O17P2/c1-6-9-12-15-18-21-24-26-28-30-32-34-35-37-39-41-45-50-55-60-65-70-75-89(94)107-86(80-101-88(93)74-69-64-59-54-49-44-40-38-36-33-31-29-27-25-22-19-16-13-10-7-2)82-105-109(98,99)103-78-84(91)77-102-108(96,97)104-81-85(79-100-87(92)73-68-63-58-53-47-23-20-17-14-11-8-3)106-90(95)76-71-66-61-56-51-46-42-43-48-52-57-62-67-72-83(4)5/h83-86,91H,6-82H2,1-5H3,(H,96,97)(H,98,99)/t84-,85+,86+/m0/s1. The molecule has 0 fully saturated rings. The summed E-state index contributed by atoms with van der Waals surface area (Å²) in [5, 5.41) is 10.7. The molecule has 0 aromatic carbocycles. The van der Waals surface area contributed by atoms with Gasteiger partial charge in [0.15, 0.2) is 12.2 Å². The van der Waals surface area contributed by atoms with Crippen molar-refractivity contribution >= 4 is 39.5 Å². The van der Waals surface area contributed by atoms with Crippen LogP contribution in [0, 0.1) is 5.92 Å². The molecule has 2 unspecified atom stereocenters. The molecule has 0 spiro atoms. The predicted molar refractivity (Wildman–Crippen MR) is 451 cm³/mol. The van der Waals surface area contributed by atoms with Gasteiger partial charge >= 0.3 is 39.5 Å². The number of carbonyl (C=O) groups excluding carboxylic acids is 4. The number of phosphoric ester groups is 2. The lowest BCUT2D eigenvalue weighted by Gasteiger charge is -2.21. The number of hydrogen-bond donors (Lipinski definition) is 3. The lowest BCUT2D eigenvalue weighted by atomic mass is 10.0. The van der Waals surface area contributed by atoms with E-state index in [1.165, 1.54) is 315 Å². The van der Waals surface area contributed by atoms with Crippen LogP contribution in [0.25, 0.3) is 0 Å². The van der Waals surface area contributed by atoms with E-state index in [1.807, 2.05) is 0 Å². The van der Waals surface area contributed by atoms with Gasteiger partial charge < -0.3 is 33.8 Å². The highest BCUT2D eigenvalue weighted by Crippen LogP contribution is 2.45. The minimum atomic E-state index is -4.97. The van der Waals surface area contributed by atoms with Crippen LogP contribution in [0.5, 0.6) is 0 Å². The van der Waals surface area contributed by atoms with Crippen molar-refractivity contribution in [3.8, 4) is 0 Å². The fraction of sp³-hybridized carbons (Fsp3) is 0.956. The van der Waals surface area contributed by atoms with Crippen LogP contribution in [0.3, 0.4) is 0 Å². The van der Waals surface area contributed by atoms with Crippen molar-refractivity contribution in [1.82, 2.24) is 0 Å². The summed E-state index contributed by atoms with van der Waals surface area (Å²) in [7, 11) is -9.93. The van der Waals surface area contributed by atoms with E-state index in [-0.39, 0.29) is 25.7 Å². The van der Waals surface area contributed by atoms with Crippen LogP contribution < -0.4 is 0 Å². The highest BCUT2D eigenvalue weighted by Gasteiger charge is 2.31. The summed E-state index contributed by atoms with van der Waals surface area (Å²) in [6, 6.07) is 0. The van der Waals surface area contributed by atoms with E-state index < -0.39 is 97.5 Å². The van der Waals surface area contributed by atoms with Crippen LogP contribution in [-0.2, 0) is 65.4 Å². The Morgan fingerprint density at radius 3 is 0.624 bits per heavy atom. The first-order chi connectivity index (χ1) is 53.0. The van der Waals surface area contributed by atoms with Crippen molar-refractivity contribution in [1.29, 1.82) is 0 Å². The topological polar surface area (TPSA) is 237 Å². The molecule has 0 aliphatic carbocycles.